The van der Waals surface area contributed by atoms with Gasteiger partial charge in [-0.3, -0.25) is 9.59 Å². The maximum Gasteiger partial charge on any atom is 0.257 e. The molecule has 1 atom stereocenters. The van der Waals surface area contributed by atoms with E-state index < -0.39 is 5.91 Å². The molecule has 2 amide bonds. The van der Waals surface area contributed by atoms with Crippen LogP contribution in [0.25, 0.3) is 0 Å². The SMILES string of the molecule is CC(C(=N)c1ccc(C(=O)Nc2ccc(Cl)cc2C(=O)Nc2ccc(Cl)cc2)cc1)C1CCCCCC1. The predicted molar refractivity (Wildman–Crippen MR) is 152 cm³/mol. The molecule has 1 unspecified atom stereocenters. The number of hydrogen-bond acceptors (Lipinski definition) is 3. The van der Waals surface area contributed by atoms with Gasteiger partial charge in [0.1, 0.15) is 0 Å². The van der Waals surface area contributed by atoms with Gasteiger partial charge >= 0.3 is 0 Å². The van der Waals surface area contributed by atoms with Gasteiger partial charge in [-0.1, -0.05) is 67.9 Å². The smallest absolute Gasteiger partial charge is 0.257 e. The van der Waals surface area contributed by atoms with Crippen molar-refractivity contribution in [2.75, 3.05) is 10.6 Å². The second-order valence-corrected chi connectivity index (χ2v) is 10.5. The zero-order valence-electron chi connectivity index (χ0n) is 20.8. The second kappa shape index (κ2) is 12.4. The molecule has 0 saturated heterocycles. The lowest BCUT2D eigenvalue weighted by Gasteiger charge is -2.23. The highest BCUT2D eigenvalue weighted by Crippen LogP contribution is 2.31. The van der Waals surface area contributed by atoms with Crippen LogP contribution in [0.15, 0.2) is 66.7 Å². The highest BCUT2D eigenvalue weighted by Gasteiger charge is 2.23. The van der Waals surface area contributed by atoms with Crippen molar-refractivity contribution < 1.29 is 9.59 Å². The third-order valence-electron chi connectivity index (χ3n) is 7.10. The summed E-state index contributed by atoms with van der Waals surface area (Å²) >= 11 is 12.1. The molecular formula is C30H31Cl2N3O2. The molecule has 4 rings (SSSR count). The van der Waals surface area contributed by atoms with Crippen LogP contribution >= 0.6 is 23.2 Å². The largest absolute Gasteiger partial charge is 0.322 e. The molecule has 0 heterocycles. The van der Waals surface area contributed by atoms with E-state index in [0.29, 0.717) is 38.6 Å². The van der Waals surface area contributed by atoms with Gasteiger partial charge in [0.2, 0.25) is 0 Å². The van der Waals surface area contributed by atoms with Crippen molar-refractivity contribution in [2.24, 2.45) is 11.8 Å². The highest BCUT2D eigenvalue weighted by atomic mass is 35.5. The van der Waals surface area contributed by atoms with E-state index in [-0.39, 0.29) is 17.4 Å². The van der Waals surface area contributed by atoms with Gasteiger partial charge in [-0.05, 0) is 78.9 Å². The zero-order valence-corrected chi connectivity index (χ0v) is 22.3. The molecule has 0 aliphatic heterocycles. The van der Waals surface area contributed by atoms with Crippen molar-refractivity contribution in [3.63, 3.8) is 0 Å². The fraction of sp³-hybridized carbons (Fsp3) is 0.300. The maximum atomic E-state index is 13.0. The van der Waals surface area contributed by atoms with E-state index in [4.69, 9.17) is 28.6 Å². The van der Waals surface area contributed by atoms with Crippen molar-refractivity contribution in [1.82, 2.24) is 0 Å². The van der Waals surface area contributed by atoms with Gasteiger partial charge < -0.3 is 16.0 Å². The number of carbonyl (C=O) groups excluding carboxylic acids is 2. The van der Waals surface area contributed by atoms with E-state index in [1.807, 2.05) is 12.1 Å². The molecule has 1 fully saturated rings. The molecule has 1 aliphatic carbocycles. The number of nitrogens with one attached hydrogen (secondary N) is 3. The average Bonchev–Trinajstić information content (AvgIpc) is 3.20. The fourth-order valence-corrected chi connectivity index (χ4v) is 5.15. The Balaban J connectivity index is 1.45. The van der Waals surface area contributed by atoms with Crippen LogP contribution in [0.4, 0.5) is 11.4 Å². The van der Waals surface area contributed by atoms with Crippen LogP contribution in [0.3, 0.4) is 0 Å². The molecule has 1 saturated carbocycles. The number of carbonyl (C=O) groups is 2. The number of amides is 2. The van der Waals surface area contributed by atoms with Crippen molar-refractivity contribution in [1.29, 1.82) is 5.41 Å². The minimum absolute atomic E-state index is 0.188. The molecule has 0 radical (unpaired) electrons. The Hall–Kier alpha value is -3.15. The summed E-state index contributed by atoms with van der Waals surface area (Å²) in [7, 11) is 0. The van der Waals surface area contributed by atoms with E-state index in [1.165, 1.54) is 44.6 Å². The van der Waals surface area contributed by atoms with Crippen LogP contribution in [-0.2, 0) is 0 Å². The third kappa shape index (κ3) is 7.00. The molecule has 0 bridgehead atoms. The van der Waals surface area contributed by atoms with Crippen LogP contribution in [0.1, 0.15) is 71.7 Å². The molecule has 0 aromatic heterocycles. The van der Waals surface area contributed by atoms with Crippen LogP contribution in [0, 0.1) is 17.2 Å². The van der Waals surface area contributed by atoms with Gasteiger partial charge in [0.05, 0.1) is 11.3 Å². The first-order valence-electron chi connectivity index (χ1n) is 12.7. The molecular weight excluding hydrogens is 505 g/mol. The first-order valence-corrected chi connectivity index (χ1v) is 13.4. The Morgan fingerprint density at radius 2 is 1.38 bits per heavy atom. The summed E-state index contributed by atoms with van der Waals surface area (Å²) in [5, 5.41) is 15.3. The Labute approximate surface area is 228 Å². The standard InChI is InChI=1S/C30H31Cl2N3O2/c1-19(20-6-4-2-3-5-7-20)28(33)21-8-10-22(11-9-21)29(36)35-27-17-14-24(32)18-26(27)30(37)34-25-15-12-23(31)13-16-25/h8-20,33H,2-7H2,1H3,(H,34,37)(H,35,36). The highest BCUT2D eigenvalue weighted by molar-refractivity contribution is 6.31. The van der Waals surface area contributed by atoms with E-state index in [2.05, 4.69) is 17.6 Å². The number of hydrogen-bond donors (Lipinski definition) is 3. The Kier molecular flexibility index (Phi) is 9.01. The van der Waals surface area contributed by atoms with Crippen molar-refractivity contribution in [2.45, 2.75) is 45.4 Å². The molecule has 37 heavy (non-hydrogen) atoms. The van der Waals surface area contributed by atoms with E-state index in [9.17, 15) is 9.59 Å². The second-order valence-electron chi connectivity index (χ2n) is 9.64. The molecule has 1 aliphatic rings. The van der Waals surface area contributed by atoms with Gasteiger partial charge in [0.25, 0.3) is 11.8 Å². The van der Waals surface area contributed by atoms with Gasteiger partial charge in [-0.25, -0.2) is 0 Å². The van der Waals surface area contributed by atoms with E-state index in [0.717, 1.165) is 5.56 Å². The van der Waals surface area contributed by atoms with Crippen LogP contribution in [0.5, 0.6) is 0 Å². The summed E-state index contributed by atoms with van der Waals surface area (Å²) < 4.78 is 0. The molecule has 3 N–H and O–H groups in total. The maximum absolute atomic E-state index is 13.0. The minimum Gasteiger partial charge on any atom is -0.322 e. The van der Waals surface area contributed by atoms with Crippen LogP contribution in [0.2, 0.25) is 10.0 Å². The van der Waals surface area contributed by atoms with Crippen molar-refractivity contribution in [3.05, 3.63) is 93.5 Å². The summed E-state index contributed by atoms with van der Waals surface area (Å²) in [4.78, 5) is 26.0. The van der Waals surface area contributed by atoms with Crippen molar-refractivity contribution in [3.8, 4) is 0 Å². The van der Waals surface area contributed by atoms with Gasteiger partial charge in [0.15, 0.2) is 0 Å². The van der Waals surface area contributed by atoms with E-state index >= 15 is 0 Å². The van der Waals surface area contributed by atoms with Crippen molar-refractivity contribution >= 4 is 52.1 Å². The summed E-state index contributed by atoms with van der Waals surface area (Å²) in [6, 6.07) is 18.6. The average molecular weight is 537 g/mol. The van der Waals surface area contributed by atoms with Gasteiger partial charge in [0, 0.05) is 32.9 Å². The monoisotopic (exact) mass is 535 g/mol. The number of rotatable bonds is 7. The topological polar surface area (TPSA) is 82.1 Å². The Morgan fingerprint density at radius 1 is 0.784 bits per heavy atom. The van der Waals surface area contributed by atoms with Gasteiger partial charge in [-0.15, -0.1) is 0 Å². The van der Waals surface area contributed by atoms with E-state index in [1.54, 1.807) is 48.5 Å². The molecule has 3 aromatic rings. The Morgan fingerprint density at radius 3 is 2.03 bits per heavy atom. The summed E-state index contributed by atoms with van der Waals surface area (Å²) in [5.74, 6) is -0.0249. The minimum atomic E-state index is -0.406. The normalized spacial score (nSPS) is 14.9. The first kappa shape index (κ1) is 26.9. The van der Waals surface area contributed by atoms with Crippen LogP contribution < -0.4 is 10.6 Å². The summed E-state index contributed by atoms with van der Waals surface area (Å²) in [6.07, 6.45) is 7.42. The lowest BCUT2D eigenvalue weighted by molar-refractivity contribution is 0.102. The summed E-state index contributed by atoms with van der Waals surface area (Å²) in [5.41, 5.74) is 3.06. The first-order chi connectivity index (χ1) is 17.8. The van der Waals surface area contributed by atoms with Gasteiger partial charge in [-0.2, -0.15) is 0 Å². The summed E-state index contributed by atoms with van der Waals surface area (Å²) in [6.45, 7) is 2.15. The van der Waals surface area contributed by atoms with Crippen LogP contribution in [-0.4, -0.2) is 17.5 Å². The lowest BCUT2D eigenvalue weighted by Crippen LogP contribution is -2.21. The quantitative estimate of drug-likeness (QED) is 0.209. The molecule has 192 valence electrons. The molecule has 0 spiro atoms. The molecule has 5 nitrogen and oxygen atoms in total. The fourth-order valence-electron chi connectivity index (χ4n) is 4.85. The molecule has 7 heteroatoms. The molecule has 3 aromatic carbocycles. The third-order valence-corrected chi connectivity index (χ3v) is 7.58. The Bertz CT molecular complexity index is 1260. The number of benzene rings is 3. The zero-order chi connectivity index (χ0) is 26.4. The number of halogens is 2. The predicted octanol–water partition coefficient (Wildman–Crippen LogP) is 8.47. The number of anilines is 2. The lowest BCUT2D eigenvalue weighted by atomic mass is 9.82.